The minimum absolute atomic E-state index is 0.0629. The molecule has 118 valence electrons. The van der Waals surface area contributed by atoms with Crippen LogP contribution in [0, 0.1) is 35.5 Å². The van der Waals surface area contributed by atoms with Gasteiger partial charge in [0, 0.05) is 12.1 Å². The summed E-state index contributed by atoms with van der Waals surface area (Å²) >= 11 is 0. The highest BCUT2D eigenvalue weighted by molar-refractivity contribution is 7.86. The smallest absolute Gasteiger partial charge is 0.298 e. The van der Waals surface area contributed by atoms with Gasteiger partial charge in [-0.05, 0) is 31.9 Å². The zero-order valence-corrected chi connectivity index (χ0v) is 13.3. The van der Waals surface area contributed by atoms with Gasteiger partial charge in [-0.2, -0.15) is 18.9 Å². The molecule has 2 atom stereocenters. The number of benzene rings is 1. The van der Waals surface area contributed by atoms with Crippen molar-refractivity contribution in [3.8, 4) is 12.1 Å². The fourth-order valence-corrected chi connectivity index (χ4v) is 4.10. The second-order valence-electron chi connectivity index (χ2n) is 5.74. The Balaban J connectivity index is 1.89. The molecular formula is C16H15N3O3S. The van der Waals surface area contributed by atoms with Crippen molar-refractivity contribution >= 4 is 10.1 Å². The summed E-state index contributed by atoms with van der Waals surface area (Å²) in [7, 11) is -3.96. The summed E-state index contributed by atoms with van der Waals surface area (Å²) in [6.45, 7) is 1.86. The number of aryl methyl sites for hydroxylation is 1. The van der Waals surface area contributed by atoms with Crippen molar-refractivity contribution in [3.05, 3.63) is 42.1 Å². The van der Waals surface area contributed by atoms with Gasteiger partial charge in [0.2, 0.25) is 5.54 Å². The molecule has 1 saturated heterocycles. The van der Waals surface area contributed by atoms with Crippen molar-refractivity contribution in [1.82, 2.24) is 4.90 Å². The molecule has 0 radical (unpaired) electrons. The lowest BCUT2D eigenvalue weighted by molar-refractivity contribution is -0.0103. The van der Waals surface area contributed by atoms with E-state index in [1.165, 1.54) is 17.0 Å². The van der Waals surface area contributed by atoms with Crippen molar-refractivity contribution in [2.24, 2.45) is 5.92 Å². The largest absolute Gasteiger partial charge is 0.321 e. The molecule has 0 saturated carbocycles. The van der Waals surface area contributed by atoms with Gasteiger partial charge in [-0.3, -0.25) is 0 Å². The average molecular weight is 329 g/mol. The van der Waals surface area contributed by atoms with Gasteiger partial charge in [0.1, 0.15) is 12.1 Å². The maximum absolute atomic E-state index is 12.4. The normalized spacial score (nSPS) is 24.9. The summed E-state index contributed by atoms with van der Waals surface area (Å²) in [6, 6.07) is 10.4. The highest BCUT2D eigenvalue weighted by atomic mass is 32.2. The molecule has 1 fully saturated rings. The van der Waals surface area contributed by atoms with Crippen LogP contribution >= 0.6 is 0 Å². The van der Waals surface area contributed by atoms with E-state index in [0.717, 1.165) is 5.56 Å². The number of hydrogen-bond acceptors (Lipinski definition) is 6. The molecule has 6 nitrogen and oxygen atoms in total. The van der Waals surface area contributed by atoms with Crippen LogP contribution in [0.4, 0.5) is 0 Å². The lowest BCUT2D eigenvalue weighted by Crippen LogP contribution is -2.54. The molecule has 0 N–H and O–H groups in total. The number of fused-ring (bicyclic) bond motifs is 2. The van der Waals surface area contributed by atoms with Crippen LogP contribution in [0.3, 0.4) is 0 Å². The fraction of sp³-hybridized carbons (Fsp3) is 0.375. The van der Waals surface area contributed by atoms with Gasteiger partial charge in [0.05, 0.1) is 4.90 Å². The van der Waals surface area contributed by atoms with E-state index in [9.17, 15) is 18.9 Å². The van der Waals surface area contributed by atoms with Gasteiger partial charge >= 0.3 is 0 Å². The van der Waals surface area contributed by atoms with Crippen LogP contribution < -0.4 is 0 Å². The molecule has 2 unspecified atom stereocenters. The summed E-state index contributed by atoms with van der Waals surface area (Å²) in [6.07, 6.45) is 3.49. The van der Waals surface area contributed by atoms with E-state index in [0.29, 0.717) is 12.8 Å². The molecule has 1 aromatic carbocycles. The summed E-state index contributed by atoms with van der Waals surface area (Å²) in [4.78, 5) is 1.49. The van der Waals surface area contributed by atoms with Crippen LogP contribution in [-0.2, 0) is 14.3 Å². The van der Waals surface area contributed by atoms with Crippen molar-refractivity contribution in [3.63, 3.8) is 0 Å². The second kappa shape index (κ2) is 5.38. The average Bonchev–Trinajstić information content (AvgIpc) is 2.78. The first-order chi connectivity index (χ1) is 10.9. The number of hydrogen-bond donors (Lipinski definition) is 0. The number of piperidine rings is 1. The third-order valence-corrected chi connectivity index (χ3v) is 5.67. The molecule has 2 aliphatic heterocycles. The molecule has 2 bridgehead atoms. The lowest BCUT2D eigenvalue weighted by atomic mass is 9.81. The standard InChI is InChI=1S/C16H15N3O3S/c1-12-2-5-14(6-3-12)23(20,21)22-15-7-4-13-8-9-19(15)16(13,10-17)11-18/h2-3,5-6,8-9,13,15H,4,7H2,1H3. The van der Waals surface area contributed by atoms with Gasteiger partial charge < -0.3 is 4.90 Å². The van der Waals surface area contributed by atoms with Crippen molar-refractivity contribution in [2.45, 2.75) is 36.4 Å². The maximum atomic E-state index is 12.4. The summed E-state index contributed by atoms with van der Waals surface area (Å²) < 4.78 is 30.2. The third-order valence-electron chi connectivity index (χ3n) is 4.35. The highest BCUT2D eigenvalue weighted by Crippen LogP contribution is 2.43. The quantitative estimate of drug-likeness (QED) is 0.788. The number of nitriles is 2. The molecule has 0 aromatic heterocycles. The fourth-order valence-electron chi connectivity index (χ4n) is 3.04. The molecule has 3 rings (SSSR count). The molecule has 0 spiro atoms. The monoisotopic (exact) mass is 329 g/mol. The molecule has 0 amide bonds. The van der Waals surface area contributed by atoms with Gasteiger partial charge in [-0.25, -0.2) is 4.18 Å². The molecule has 2 aliphatic rings. The van der Waals surface area contributed by atoms with Crippen LogP contribution in [0.2, 0.25) is 0 Å². The minimum atomic E-state index is -3.96. The van der Waals surface area contributed by atoms with Crippen molar-refractivity contribution in [2.75, 3.05) is 0 Å². The Bertz CT molecular complexity index is 817. The lowest BCUT2D eigenvalue weighted by Gasteiger charge is -2.41. The number of rotatable bonds is 3. The second-order valence-corrected chi connectivity index (χ2v) is 7.31. The maximum Gasteiger partial charge on any atom is 0.298 e. The Labute approximate surface area is 135 Å². The Kier molecular flexibility index (Phi) is 3.63. The molecule has 2 heterocycles. The minimum Gasteiger partial charge on any atom is -0.321 e. The van der Waals surface area contributed by atoms with Crippen molar-refractivity contribution < 1.29 is 12.6 Å². The zero-order chi connectivity index (χ0) is 16.7. The van der Waals surface area contributed by atoms with Crippen LogP contribution in [0.25, 0.3) is 0 Å². The summed E-state index contributed by atoms with van der Waals surface area (Å²) in [5.41, 5.74) is -0.439. The van der Waals surface area contributed by atoms with E-state index in [1.54, 1.807) is 24.4 Å². The first-order valence-electron chi connectivity index (χ1n) is 7.22. The van der Waals surface area contributed by atoms with Gasteiger partial charge in [-0.1, -0.05) is 23.8 Å². The Hall–Kier alpha value is -2.35. The highest BCUT2D eigenvalue weighted by Gasteiger charge is 2.53. The van der Waals surface area contributed by atoms with E-state index in [2.05, 4.69) is 0 Å². The first kappa shape index (κ1) is 15.5. The SMILES string of the molecule is Cc1ccc(S(=O)(=O)OC2CCC3C=CN2C3(C#N)C#N)cc1. The van der Waals surface area contributed by atoms with Crippen LogP contribution in [0.5, 0.6) is 0 Å². The Morgan fingerprint density at radius 3 is 2.48 bits per heavy atom. The molecule has 23 heavy (non-hydrogen) atoms. The van der Waals surface area contributed by atoms with Gasteiger partial charge in [0.25, 0.3) is 10.1 Å². The molecule has 7 heteroatoms. The molecule has 0 aliphatic carbocycles. The van der Waals surface area contributed by atoms with E-state index < -0.39 is 21.9 Å². The topological polar surface area (TPSA) is 94.2 Å². The Morgan fingerprint density at radius 2 is 1.87 bits per heavy atom. The predicted octanol–water partition coefficient (Wildman–Crippen LogP) is 2.05. The van der Waals surface area contributed by atoms with Crippen molar-refractivity contribution in [1.29, 1.82) is 10.5 Å². The summed E-state index contributed by atoms with van der Waals surface area (Å²) in [5, 5.41) is 18.9. The third kappa shape index (κ3) is 2.39. The van der Waals surface area contributed by atoms with E-state index >= 15 is 0 Å². The van der Waals surface area contributed by atoms with E-state index in [1.807, 2.05) is 19.1 Å². The Morgan fingerprint density at radius 1 is 1.22 bits per heavy atom. The van der Waals surface area contributed by atoms with E-state index in [-0.39, 0.29) is 10.8 Å². The van der Waals surface area contributed by atoms with Gasteiger partial charge in [0.15, 0.2) is 6.23 Å². The van der Waals surface area contributed by atoms with Crippen LogP contribution in [-0.4, -0.2) is 25.1 Å². The molecule has 1 aromatic rings. The predicted molar refractivity (Wildman–Crippen MR) is 80.9 cm³/mol. The van der Waals surface area contributed by atoms with Crippen LogP contribution in [0.1, 0.15) is 18.4 Å². The number of nitrogens with zero attached hydrogens (tertiary/aromatic N) is 3. The summed E-state index contributed by atoms with van der Waals surface area (Å²) in [5.74, 6) is -0.223. The zero-order valence-electron chi connectivity index (χ0n) is 12.5. The molecular weight excluding hydrogens is 314 g/mol. The van der Waals surface area contributed by atoms with E-state index in [4.69, 9.17) is 4.18 Å². The van der Waals surface area contributed by atoms with Gasteiger partial charge in [-0.15, -0.1) is 0 Å². The van der Waals surface area contributed by atoms with Crippen LogP contribution in [0.15, 0.2) is 41.4 Å². The first-order valence-corrected chi connectivity index (χ1v) is 8.63.